The predicted molar refractivity (Wildman–Crippen MR) is 92.9 cm³/mol. The second kappa shape index (κ2) is 5.80. The molecule has 3 aromatic rings. The molecule has 1 saturated heterocycles. The maximum atomic E-state index is 12.4. The second-order valence-corrected chi connectivity index (χ2v) is 5.89. The zero-order valence-electron chi connectivity index (χ0n) is 12.9. The van der Waals surface area contributed by atoms with Gasteiger partial charge < -0.3 is 14.8 Å². The van der Waals surface area contributed by atoms with Gasteiger partial charge in [-0.25, -0.2) is 0 Å². The highest BCUT2D eigenvalue weighted by atomic mass is 16.2. The van der Waals surface area contributed by atoms with Crippen LogP contribution in [0.5, 0.6) is 0 Å². The minimum Gasteiger partial charge on any atom is -0.368 e. The summed E-state index contributed by atoms with van der Waals surface area (Å²) in [7, 11) is 0. The molecule has 4 heteroatoms. The van der Waals surface area contributed by atoms with E-state index in [2.05, 4.69) is 52.3 Å². The Kier molecular flexibility index (Phi) is 3.50. The molecule has 1 aliphatic heterocycles. The molecule has 1 N–H and O–H groups in total. The minimum absolute atomic E-state index is 0.0909. The molecule has 1 amide bonds. The van der Waals surface area contributed by atoms with E-state index in [1.165, 1.54) is 16.5 Å². The molecule has 0 saturated carbocycles. The quantitative estimate of drug-likeness (QED) is 0.790. The molecule has 0 atom stereocenters. The van der Waals surface area contributed by atoms with Crippen molar-refractivity contribution < 1.29 is 4.79 Å². The van der Waals surface area contributed by atoms with Crippen molar-refractivity contribution in [2.45, 2.75) is 0 Å². The first-order valence-corrected chi connectivity index (χ1v) is 7.98. The highest BCUT2D eigenvalue weighted by molar-refractivity contribution is 5.92. The summed E-state index contributed by atoms with van der Waals surface area (Å²) in [4.78, 5) is 19.6. The average molecular weight is 305 g/mol. The zero-order valence-corrected chi connectivity index (χ0v) is 12.9. The van der Waals surface area contributed by atoms with Gasteiger partial charge in [0, 0.05) is 38.1 Å². The van der Waals surface area contributed by atoms with Crippen molar-refractivity contribution >= 4 is 22.4 Å². The van der Waals surface area contributed by atoms with Gasteiger partial charge in [-0.2, -0.15) is 0 Å². The SMILES string of the molecule is O=C(c1ccc[nH]1)N1CCN(c2ccc3ccccc3c2)CC1. The zero-order chi connectivity index (χ0) is 15.6. The van der Waals surface area contributed by atoms with E-state index in [4.69, 9.17) is 0 Å². The van der Waals surface area contributed by atoms with Gasteiger partial charge in [0.25, 0.3) is 5.91 Å². The number of carbonyl (C=O) groups excluding carboxylic acids is 1. The first-order valence-electron chi connectivity index (χ1n) is 7.98. The van der Waals surface area contributed by atoms with E-state index in [0.717, 1.165) is 26.2 Å². The number of amides is 1. The normalized spacial score (nSPS) is 15.1. The Labute approximate surface area is 135 Å². The highest BCUT2D eigenvalue weighted by Gasteiger charge is 2.22. The number of aromatic amines is 1. The van der Waals surface area contributed by atoms with Crippen molar-refractivity contribution in [3.05, 3.63) is 66.5 Å². The lowest BCUT2D eigenvalue weighted by molar-refractivity contribution is 0.0741. The summed E-state index contributed by atoms with van der Waals surface area (Å²) in [5.74, 6) is 0.0909. The van der Waals surface area contributed by atoms with Gasteiger partial charge >= 0.3 is 0 Å². The predicted octanol–water partition coefficient (Wildman–Crippen LogP) is 3.13. The smallest absolute Gasteiger partial charge is 0.270 e. The van der Waals surface area contributed by atoms with Crippen LogP contribution in [-0.2, 0) is 0 Å². The summed E-state index contributed by atoms with van der Waals surface area (Å²) in [5, 5.41) is 2.52. The van der Waals surface area contributed by atoms with Gasteiger partial charge in [0.05, 0.1) is 0 Å². The number of rotatable bonds is 2. The van der Waals surface area contributed by atoms with Crippen LogP contribution in [0.1, 0.15) is 10.5 Å². The third-order valence-electron chi connectivity index (χ3n) is 4.49. The lowest BCUT2D eigenvalue weighted by Gasteiger charge is -2.36. The molecular weight excluding hydrogens is 286 g/mol. The van der Waals surface area contributed by atoms with E-state index in [1.54, 1.807) is 6.20 Å². The first-order chi connectivity index (χ1) is 11.3. The summed E-state index contributed by atoms with van der Waals surface area (Å²) in [6.45, 7) is 3.24. The highest BCUT2D eigenvalue weighted by Crippen LogP contribution is 2.23. The van der Waals surface area contributed by atoms with Crippen molar-refractivity contribution in [2.75, 3.05) is 31.1 Å². The van der Waals surface area contributed by atoms with E-state index >= 15 is 0 Å². The Morgan fingerprint density at radius 3 is 2.39 bits per heavy atom. The Morgan fingerprint density at radius 1 is 0.870 bits per heavy atom. The van der Waals surface area contributed by atoms with Gasteiger partial charge in [0.2, 0.25) is 0 Å². The number of fused-ring (bicyclic) bond motifs is 1. The van der Waals surface area contributed by atoms with Crippen LogP contribution in [0.2, 0.25) is 0 Å². The van der Waals surface area contributed by atoms with Gasteiger partial charge in [-0.1, -0.05) is 30.3 Å². The molecule has 4 rings (SSSR count). The fraction of sp³-hybridized carbons (Fsp3) is 0.211. The van der Waals surface area contributed by atoms with Gasteiger partial charge in [-0.3, -0.25) is 4.79 Å². The van der Waals surface area contributed by atoms with Gasteiger partial charge in [-0.15, -0.1) is 0 Å². The molecule has 0 radical (unpaired) electrons. The van der Waals surface area contributed by atoms with Crippen molar-refractivity contribution in [1.82, 2.24) is 9.88 Å². The van der Waals surface area contributed by atoms with Crippen molar-refractivity contribution in [2.24, 2.45) is 0 Å². The molecule has 2 heterocycles. The van der Waals surface area contributed by atoms with Crippen molar-refractivity contribution in [1.29, 1.82) is 0 Å². The van der Waals surface area contributed by atoms with Crippen LogP contribution < -0.4 is 4.90 Å². The fourth-order valence-electron chi connectivity index (χ4n) is 3.17. The third-order valence-corrected chi connectivity index (χ3v) is 4.49. The maximum absolute atomic E-state index is 12.4. The molecule has 1 fully saturated rings. The van der Waals surface area contributed by atoms with Gasteiger partial charge in [0.1, 0.15) is 5.69 Å². The minimum atomic E-state index is 0.0909. The maximum Gasteiger partial charge on any atom is 0.270 e. The lowest BCUT2D eigenvalue weighted by Crippen LogP contribution is -2.48. The molecule has 0 spiro atoms. The number of benzene rings is 2. The summed E-state index contributed by atoms with van der Waals surface area (Å²) in [6, 6.07) is 18.7. The van der Waals surface area contributed by atoms with Crippen LogP contribution in [0.4, 0.5) is 5.69 Å². The van der Waals surface area contributed by atoms with Gasteiger partial charge in [0.15, 0.2) is 0 Å². The van der Waals surface area contributed by atoms with Crippen molar-refractivity contribution in [3.63, 3.8) is 0 Å². The number of nitrogens with one attached hydrogen (secondary N) is 1. The van der Waals surface area contributed by atoms with Crippen LogP contribution >= 0.6 is 0 Å². The Morgan fingerprint density at radius 2 is 1.65 bits per heavy atom. The first kappa shape index (κ1) is 13.9. The standard InChI is InChI=1S/C19H19N3O/c23-19(18-6-3-9-20-18)22-12-10-21(11-13-22)17-8-7-15-4-1-2-5-16(15)14-17/h1-9,14,20H,10-13H2. The van der Waals surface area contributed by atoms with E-state index in [0.29, 0.717) is 5.69 Å². The third kappa shape index (κ3) is 2.68. The number of nitrogens with zero attached hydrogens (tertiary/aromatic N) is 2. The summed E-state index contributed by atoms with van der Waals surface area (Å²) >= 11 is 0. The molecule has 0 bridgehead atoms. The van der Waals surface area contributed by atoms with E-state index < -0.39 is 0 Å². The number of H-pyrrole nitrogens is 1. The average Bonchev–Trinajstić information content (AvgIpc) is 3.15. The van der Waals surface area contributed by atoms with E-state index in [1.807, 2.05) is 17.0 Å². The topological polar surface area (TPSA) is 39.3 Å². The number of hydrogen-bond donors (Lipinski definition) is 1. The molecule has 1 aliphatic rings. The summed E-state index contributed by atoms with van der Waals surface area (Å²) in [6.07, 6.45) is 1.79. The molecular formula is C19H19N3O. The molecule has 2 aromatic carbocycles. The Balaban J connectivity index is 1.47. The van der Waals surface area contributed by atoms with E-state index in [9.17, 15) is 4.79 Å². The second-order valence-electron chi connectivity index (χ2n) is 5.89. The molecule has 1 aromatic heterocycles. The Bertz CT molecular complexity index is 818. The molecule has 116 valence electrons. The molecule has 4 nitrogen and oxygen atoms in total. The number of hydrogen-bond acceptors (Lipinski definition) is 2. The largest absolute Gasteiger partial charge is 0.368 e. The van der Waals surface area contributed by atoms with Crippen LogP contribution in [0.25, 0.3) is 10.8 Å². The number of carbonyl (C=O) groups is 1. The summed E-state index contributed by atoms with van der Waals surface area (Å²) in [5.41, 5.74) is 1.90. The van der Waals surface area contributed by atoms with E-state index in [-0.39, 0.29) is 5.91 Å². The van der Waals surface area contributed by atoms with Crippen LogP contribution in [0.15, 0.2) is 60.8 Å². The number of aromatic nitrogens is 1. The fourth-order valence-corrected chi connectivity index (χ4v) is 3.17. The number of piperazine rings is 1. The lowest BCUT2D eigenvalue weighted by atomic mass is 10.1. The number of anilines is 1. The van der Waals surface area contributed by atoms with Crippen LogP contribution in [0, 0.1) is 0 Å². The van der Waals surface area contributed by atoms with Gasteiger partial charge in [-0.05, 0) is 35.0 Å². The molecule has 23 heavy (non-hydrogen) atoms. The summed E-state index contributed by atoms with van der Waals surface area (Å²) < 4.78 is 0. The monoisotopic (exact) mass is 305 g/mol. The van der Waals surface area contributed by atoms with Crippen LogP contribution in [0.3, 0.4) is 0 Å². The van der Waals surface area contributed by atoms with Crippen LogP contribution in [-0.4, -0.2) is 42.0 Å². The Hall–Kier alpha value is -2.75. The van der Waals surface area contributed by atoms with Crippen molar-refractivity contribution in [3.8, 4) is 0 Å². The molecule has 0 aliphatic carbocycles. The molecule has 0 unspecified atom stereocenters.